The minimum Gasteiger partial charge on any atom is -0.491 e. The van der Waals surface area contributed by atoms with Crippen molar-refractivity contribution < 1.29 is 27.4 Å². The molecule has 0 spiro atoms. The first kappa shape index (κ1) is 14.4. The minimum atomic E-state index is -4.40. The molecule has 0 saturated carbocycles. The summed E-state index contributed by atoms with van der Waals surface area (Å²) in [5.41, 5.74) is 5.62. The molecular formula is C11H14F3NO3. The van der Waals surface area contributed by atoms with E-state index in [1.807, 2.05) is 0 Å². The Morgan fingerprint density at radius 3 is 2.50 bits per heavy atom. The Morgan fingerprint density at radius 2 is 1.89 bits per heavy atom. The zero-order valence-electron chi connectivity index (χ0n) is 9.79. The summed E-state index contributed by atoms with van der Waals surface area (Å²) in [6.45, 7) is -0.721. The summed E-state index contributed by atoms with van der Waals surface area (Å²) in [6, 6.07) is 4.29. The predicted octanol–water partition coefficient (Wildman–Crippen LogP) is 2.24. The Kier molecular flexibility index (Phi) is 5.08. The number of hydrogen-bond donors (Lipinski definition) is 1. The lowest BCUT2D eigenvalue weighted by molar-refractivity contribution is -0.153. The van der Waals surface area contributed by atoms with Crippen LogP contribution in [0.25, 0.3) is 0 Å². The van der Waals surface area contributed by atoms with Gasteiger partial charge in [-0.05, 0) is 12.1 Å². The molecule has 0 aromatic heterocycles. The molecule has 2 N–H and O–H groups in total. The van der Waals surface area contributed by atoms with Gasteiger partial charge in [0.15, 0.2) is 6.61 Å². The second-order valence-electron chi connectivity index (χ2n) is 3.44. The summed E-state index contributed by atoms with van der Waals surface area (Å²) in [4.78, 5) is 0. The maximum Gasteiger partial charge on any atom is 0.422 e. The van der Waals surface area contributed by atoms with E-state index in [1.54, 1.807) is 6.07 Å². The molecule has 0 atom stereocenters. The topological polar surface area (TPSA) is 53.7 Å². The van der Waals surface area contributed by atoms with Gasteiger partial charge in [-0.25, -0.2) is 0 Å². The highest BCUT2D eigenvalue weighted by molar-refractivity contribution is 5.55. The van der Waals surface area contributed by atoms with Crippen molar-refractivity contribution in [1.82, 2.24) is 0 Å². The molecule has 0 aliphatic heterocycles. The Hall–Kier alpha value is -1.63. The summed E-state index contributed by atoms with van der Waals surface area (Å²) in [7, 11) is 1.52. The van der Waals surface area contributed by atoms with Gasteiger partial charge in [0, 0.05) is 13.2 Å². The molecule has 0 radical (unpaired) electrons. The minimum absolute atomic E-state index is 0.0535. The van der Waals surface area contributed by atoms with Crippen LogP contribution in [0.15, 0.2) is 18.2 Å². The van der Waals surface area contributed by atoms with Gasteiger partial charge in [0.1, 0.15) is 18.1 Å². The van der Waals surface area contributed by atoms with Gasteiger partial charge < -0.3 is 19.9 Å². The quantitative estimate of drug-likeness (QED) is 0.633. The highest BCUT2D eigenvalue weighted by Gasteiger charge is 2.28. The first-order valence-corrected chi connectivity index (χ1v) is 5.13. The van der Waals surface area contributed by atoms with Crippen molar-refractivity contribution in [1.29, 1.82) is 0 Å². The van der Waals surface area contributed by atoms with E-state index in [2.05, 4.69) is 4.74 Å². The molecule has 0 fully saturated rings. The summed E-state index contributed by atoms with van der Waals surface area (Å²) in [5.74, 6) is 0.320. The number of nitrogens with two attached hydrogens (primary N) is 1. The first-order chi connectivity index (χ1) is 8.42. The van der Waals surface area contributed by atoms with E-state index in [1.165, 1.54) is 19.2 Å². The fourth-order valence-electron chi connectivity index (χ4n) is 1.13. The van der Waals surface area contributed by atoms with Gasteiger partial charge in [-0.2, -0.15) is 13.2 Å². The third-order valence-corrected chi connectivity index (χ3v) is 1.93. The van der Waals surface area contributed by atoms with Gasteiger partial charge in [0.2, 0.25) is 0 Å². The van der Waals surface area contributed by atoms with Crippen LogP contribution in [0.5, 0.6) is 11.5 Å². The van der Waals surface area contributed by atoms with Crippen LogP contribution >= 0.6 is 0 Å². The number of ether oxygens (including phenoxy) is 3. The summed E-state index contributed by atoms with van der Waals surface area (Å²) in [5, 5.41) is 0. The molecular weight excluding hydrogens is 251 g/mol. The number of rotatable bonds is 6. The molecule has 1 aromatic carbocycles. The molecule has 1 rings (SSSR count). The normalized spacial score (nSPS) is 11.3. The lowest BCUT2D eigenvalue weighted by Crippen LogP contribution is -2.19. The van der Waals surface area contributed by atoms with Crippen LogP contribution in [0, 0.1) is 0 Å². The van der Waals surface area contributed by atoms with Crippen molar-refractivity contribution in [3.8, 4) is 11.5 Å². The zero-order valence-corrected chi connectivity index (χ0v) is 9.79. The van der Waals surface area contributed by atoms with E-state index in [0.717, 1.165) is 0 Å². The summed E-state index contributed by atoms with van der Waals surface area (Å²) < 4.78 is 50.6. The number of alkyl halides is 3. The van der Waals surface area contributed by atoms with Gasteiger partial charge in [0.25, 0.3) is 0 Å². The maximum absolute atomic E-state index is 12.0. The van der Waals surface area contributed by atoms with Crippen LogP contribution in [0.3, 0.4) is 0 Å². The Balaban J connectivity index is 2.63. The van der Waals surface area contributed by atoms with E-state index < -0.39 is 12.8 Å². The van der Waals surface area contributed by atoms with E-state index in [0.29, 0.717) is 19.0 Å². The van der Waals surface area contributed by atoms with E-state index in [-0.39, 0.29) is 11.4 Å². The average molecular weight is 265 g/mol. The molecule has 18 heavy (non-hydrogen) atoms. The molecule has 0 aliphatic rings. The van der Waals surface area contributed by atoms with Gasteiger partial charge in [-0.15, -0.1) is 0 Å². The van der Waals surface area contributed by atoms with Crippen molar-refractivity contribution in [2.45, 2.75) is 6.18 Å². The Labute approximate surface area is 102 Å². The van der Waals surface area contributed by atoms with Gasteiger partial charge in [0.05, 0.1) is 12.3 Å². The molecule has 0 bridgehead atoms. The third-order valence-electron chi connectivity index (χ3n) is 1.93. The van der Waals surface area contributed by atoms with Crippen LogP contribution in [0.1, 0.15) is 0 Å². The molecule has 7 heteroatoms. The maximum atomic E-state index is 12.0. The first-order valence-electron chi connectivity index (χ1n) is 5.13. The fourth-order valence-corrected chi connectivity index (χ4v) is 1.13. The lowest BCUT2D eigenvalue weighted by Gasteiger charge is -2.13. The molecule has 0 heterocycles. The van der Waals surface area contributed by atoms with Crippen LogP contribution in [0.2, 0.25) is 0 Å². The van der Waals surface area contributed by atoms with Crippen molar-refractivity contribution in [2.75, 3.05) is 32.7 Å². The fraction of sp³-hybridized carbons (Fsp3) is 0.455. The van der Waals surface area contributed by atoms with E-state index in [9.17, 15) is 13.2 Å². The number of nitrogen functional groups attached to an aromatic ring is 1. The zero-order chi connectivity index (χ0) is 13.6. The predicted molar refractivity (Wildman–Crippen MR) is 59.8 cm³/mol. The molecule has 0 unspecified atom stereocenters. The molecule has 0 aliphatic carbocycles. The standard InChI is InChI=1S/C11H14F3NO3/c1-16-4-5-17-8-2-3-9(15)10(6-8)18-7-11(12,13)14/h2-3,6H,4-5,7,15H2,1H3. The van der Waals surface area contributed by atoms with Crippen LogP contribution in [-0.2, 0) is 4.74 Å². The number of hydrogen-bond acceptors (Lipinski definition) is 4. The molecule has 102 valence electrons. The van der Waals surface area contributed by atoms with Crippen LogP contribution in [-0.4, -0.2) is 33.1 Å². The van der Waals surface area contributed by atoms with Gasteiger partial charge in [-0.3, -0.25) is 0 Å². The van der Waals surface area contributed by atoms with Crippen molar-refractivity contribution in [3.63, 3.8) is 0 Å². The number of halogens is 3. The lowest BCUT2D eigenvalue weighted by atomic mass is 10.3. The van der Waals surface area contributed by atoms with Gasteiger partial charge >= 0.3 is 6.18 Å². The summed E-state index contributed by atoms with van der Waals surface area (Å²) >= 11 is 0. The summed E-state index contributed by atoms with van der Waals surface area (Å²) in [6.07, 6.45) is -4.40. The molecule has 4 nitrogen and oxygen atoms in total. The van der Waals surface area contributed by atoms with Gasteiger partial charge in [-0.1, -0.05) is 0 Å². The smallest absolute Gasteiger partial charge is 0.422 e. The van der Waals surface area contributed by atoms with Crippen LogP contribution < -0.4 is 15.2 Å². The third kappa shape index (κ3) is 5.13. The Morgan fingerprint density at radius 1 is 1.17 bits per heavy atom. The Bertz CT molecular complexity index is 382. The van der Waals surface area contributed by atoms with Crippen molar-refractivity contribution in [3.05, 3.63) is 18.2 Å². The van der Waals surface area contributed by atoms with E-state index >= 15 is 0 Å². The number of benzene rings is 1. The second-order valence-corrected chi connectivity index (χ2v) is 3.44. The van der Waals surface area contributed by atoms with Crippen molar-refractivity contribution >= 4 is 5.69 Å². The average Bonchev–Trinajstić information content (AvgIpc) is 2.29. The van der Waals surface area contributed by atoms with E-state index in [4.69, 9.17) is 15.2 Å². The molecule has 0 saturated heterocycles. The SMILES string of the molecule is COCCOc1ccc(N)c(OCC(F)(F)F)c1. The van der Waals surface area contributed by atoms with Crippen LogP contribution in [0.4, 0.5) is 18.9 Å². The largest absolute Gasteiger partial charge is 0.491 e. The monoisotopic (exact) mass is 265 g/mol. The second kappa shape index (κ2) is 6.34. The molecule has 0 amide bonds. The highest BCUT2D eigenvalue weighted by atomic mass is 19.4. The highest BCUT2D eigenvalue weighted by Crippen LogP contribution is 2.28. The number of methoxy groups -OCH3 is 1. The van der Waals surface area contributed by atoms with Crippen molar-refractivity contribution in [2.24, 2.45) is 0 Å². The molecule has 1 aromatic rings. The number of anilines is 1.